The lowest BCUT2D eigenvalue weighted by Crippen LogP contribution is -2.38. The van der Waals surface area contributed by atoms with Crippen molar-refractivity contribution in [1.29, 1.82) is 0 Å². The molecule has 204 valence electrons. The van der Waals surface area contributed by atoms with Crippen LogP contribution in [0.15, 0.2) is 69.8 Å². The number of para-hydroxylation sites is 1. The third-order valence-electron chi connectivity index (χ3n) is 6.44. The van der Waals surface area contributed by atoms with Crippen LogP contribution in [0.5, 0.6) is 17.2 Å². The minimum absolute atomic E-state index is 0.0905. The first-order valence-corrected chi connectivity index (χ1v) is 13.3. The largest absolute Gasteiger partial charge is 0.496 e. The standard InChI is InChI=1S/C28H29N3O7S/c1-17-25(27(33)36-11-10-34-2)26(20-6-4-5-7-21(20)35-3)31-19(15-39-28(31)30-17)13-24(32)29-14-18-8-9-22-23(12-18)38-16-37-22/h4-9,12,15,26H,10-11,13-14,16H2,1-3H3,(H,29,32). The SMILES string of the molecule is COCCOC(=O)C1=C(C)N=C2SC=C(CC(=O)NCc3ccc4c(c3)OCO4)N2C1c1ccccc1OC. The molecule has 0 fully saturated rings. The molecule has 3 aliphatic rings. The van der Waals surface area contributed by atoms with Crippen LogP contribution in [0.1, 0.15) is 30.5 Å². The lowest BCUT2D eigenvalue weighted by atomic mass is 9.93. The molecule has 0 aromatic heterocycles. The monoisotopic (exact) mass is 551 g/mol. The van der Waals surface area contributed by atoms with Crippen molar-refractivity contribution in [3.05, 3.63) is 76.0 Å². The summed E-state index contributed by atoms with van der Waals surface area (Å²) in [6, 6.07) is 12.5. The normalized spacial score (nSPS) is 17.4. The molecule has 10 nitrogen and oxygen atoms in total. The van der Waals surface area contributed by atoms with E-state index in [1.807, 2.05) is 52.8 Å². The first kappa shape index (κ1) is 26.6. The number of methoxy groups -OCH3 is 2. The second kappa shape index (κ2) is 11.8. The zero-order valence-corrected chi connectivity index (χ0v) is 22.7. The maximum Gasteiger partial charge on any atom is 0.338 e. The molecule has 0 aliphatic carbocycles. The molecular weight excluding hydrogens is 522 g/mol. The second-order valence-electron chi connectivity index (χ2n) is 8.90. The van der Waals surface area contributed by atoms with E-state index < -0.39 is 12.0 Å². The molecule has 0 spiro atoms. The third-order valence-corrected chi connectivity index (χ3v) is 7.33. The van der Waals surface area contributed by atoms with Crippen LogP contribution in [0.25, 0.3) is 0 Å². The van der Waals surface area contributed by atoms with E-state index in [0.717, 1.165) is 11.1 Å². The van der Waals surface area contributed by atoms with Gasteiger partial charge in [0.1, 0.15) is 12.4 Å². The van der Waals surface area contributed by atoms with Crippen molar-refractivity contribution in [2.24, 2.45) is 4.99 Å². The van der Waals surface area contributed by atoms with E-state index in [1.54, 1.807) is 21.1 Å². The predicted molar refractivity (Wildman–Crippen MR) is 145 cm³/mol. The number of carbonyl (C=O) groups excluding carboxylic acids is 2. The Hall–Kier alpha value is -3.96. The Labute approximate surface area is 230 Å². The number of ether oxygens (including phenoxy) is 5. The third kappa shape index (κ3) is 5.59. The Bertz CT molecular complexity index is 1370. The quantitative estimate of drug-likeness (QED) is 0.348. The van der Waals surface area contributed by atoms with Gasteiger partial charge in [-0.1, -0.05) is 36.0 Å². The molecule has 1 atom stereocenters. The Kier molecular flexibility index (Phi) is 8.08. The average Bonchev–Trinajstić information content (AvgIpc) is 3.57. The molecule has 5 rings (SSSR count). The Morgan fingerprint density at radius 3 is 2.77 bits per heavy atom. The van der Waals surface area contributed by atoms with E-state index >= 15 is 0 Å². The highest BCUT2D eigenvalue weighted by Gasteiger charge is 2.42. The summed E-state index contributed by atoms with van der Waals surface area (Å²) < 4.78 is 27.0. The van der Waals surface area contributed by atoms with Gasteiger partial charge in [-0.05, 0) is 36.1 Å². The first-order chi connectivity index (χ1) is 19.0. The molecule has 0 saturated heterocycles. The molecule has 1 unspecified atom stereocenters. The smallest absolute Gasteiger partial charge is 0.338 e. The van der Waals surface area contributed by atoms with Crippen LogP contribution in [-0.4, -0.2) is 56.2 Å². The van der Waals surface area contributed by atoms with Crippen molar-refractivity contribution in [3.63, 3.8) is 0 Å². The van der Waals surface area contributed by atoms with E-state index in [4.69, 9.17) is 28.7 Å². The summed E-state index contributed by atoms with van der Waals surface area (Å²) >= 11 is 1.41. The maximum absolute atomic E-state index is 13.3. The van der Waals surface area contributed by atoms with Crippen molar-refractivity contribution < 1.29 is 33.3 Å². The number of benzene rings is 2. The van der Waals surface area contributed by atoms with E-state index in [2.05, 4.69) is 5.32 Å². The summed E-state index contributed by atoms with van der Waals surface area (Å²) in [7, 11) is 3.13. The summed E-state index contributed by atoms with van der Waals surface area (Å²) in [6.07, 6.45) is 0.0905. The number of amides is 1. The fourth-order valence-electron chi connectivity index (χ4n) is 4.59. The Balaban J connectivity index is 1.38. The molecule has 1 amide bonds. The maximum atomic E-state index is 13.3. The number of aliphatic imine (C=N–C) groups is 1. The fourth-order valence-corrected chi connectivity index (χ4v) is 5.56. The lowest BCUT2D eigenvalue weighted by Gasteiger charge is -2.36. The van der Waals surface area contributed by atoms with Gasteiger partial charge < -0.3 is 33.9 Å². The predicted octanol–water partition coefficient (Wildman–Crippen LogP) is 3.89. The fraction of sp³-hybridized carbons (Fsp3) is 0.321. The highest BCUT2D eigenvalue weighted by molar-refractivity contribution is 8.16. The summed E-state index contributed by atoms with van der Waals surface area (Å²) in [4.78, 5) is 33.0. The molecule has 2 aromatic rings. The van der Waals surface area contributed by atoms with Crippen LogP contribution in [0.2, 0.25) is 0 Å². The minimum atomic E-state index is -0.591. The topological polar surface area (TPSA) is 108 Å². The van der Waals surface area contributed by atoms with Gasteiger partial charge in [0.05, 0.1) is 37.4 Å². The van der Waals surface area contributed by atoms with Gasteiger partial charge in [-0.3, -0.25) is 4.79 Å². The van der Waals surface area contributed by atoms with Gasteiger partial charge in [-0.15, -0.1) is 0 Å². The van der Waals surface area contributed by atoms with Crippen LogP contribution in [-0.2, 0) is 25.6 Å². The molecule has 3 aliphatic heterocycles. The first-order valence-electron chi connectivity index (χ1n) is 12.4. The number of hydrogen-bond acceptors (Lipinski definition) is 10. The van der Waals surface area contributed by atoms with Crippen LogP contribution in [0.3, 0.4) is 0 Å². The molecule has 1 N–H and O–H groups in total. The van der Waals surface area contributed by atoms with Gasteiger partial charge in [-0.2, -0.15) is 0 Å². The van der Waals surface area contributed by atoms with E-state index in [9.17, 15) is 9.59 Å². The van der Waals surface area contributed by atoms with Gasteiger partial charge >= 0.3 is 5.97 Å². The van der Waals surface area contributed by atoms with Gasteiger partial charge in [0.2, 0.25) is 12.7 Å². The van der Waals surface area contributed by atoms with Crippen molar-refractivity contribution in [2.75, 3.05) is 34.2 Å². The highest BCUT2D eigenvalue weighted by atomic mass is 32.2. The number of nitrogens with one attached hydrogen (secondary N) is 1. The number of thioether (sulfide) groups is 1. The average molecular weight is 552 g/mol. The molecule has 2 aromatic carbocycles. The van der Waals surface area contributed by atoms with E-state index in [-0.39, 0.29) is 32.3 Å². The number of fused-ring (bicyclic) bond motifs is 2. The van der Waals surface area contributed by atoms with Crippen molar-refractivity contribution in [1.82, 2.24) is 10.2 Å². The van der Waals surface area contributed by atoms with Crippen molar-refractivity contribution in [3.8, 4) is 17.2 Å². The molecule has 11 heteroatoms. The van der Waals surface area contributed by atoms with Crippen LogP contribution < -0.4 is 19.5 Å². The summed E-state index contributed by atoms with van der Waals surface area (Å²) in [5.74, 6) is 1.30. The molecule has 3 heterocycles. The highest BCUT2D eigenvalue weighted by Crippen LogP contribution is 2.46. The van der Waals surface area contributed by atoms with Gasteiger partial charge in [0.25, 0.3) is 0 Å². The number of rotatable bonds is 10. The number of allylic oxidation sites excluding steroid dienone is 1. The molecule has 39 heavy (non-hydrogen) atoms. The lowest BCUT2D eigenvalue weighted by molar-refractivity contribution is -0.141. The van der Waals surface area contributed by atoms with Gasteiger partial charge in [0, 0.05) is 24.9 Å². The van der Waals surface area contributed by atoms with Crippen LogP contribution >= 0.6 is 11.8 Å². The summed E-state index contributed by atoms with van der Waals surface area (Å²) in [6.45, 7) is 2.71. The summed E-state index contributed by atoms with van der Waals surface area (Å²) in [5.41, 5.74) is 3.31. The van der Waals surface area contributed by atoms with Gasteiger partial charge in [0.15, 0.2) is 16.7 Å². The van der Waals surface area contributed by atoms with E-state index in [1.165, 1.54) is 11.8 Å². The van der Waals surface area contributed by atoms with Crippen LogP contribution in [0, 0.1) is 0 Å². The molecule has 0 radical (unpaired) electrons. The number of amidine groups is 1. The minimum Gasteiger partial charge on any atom is -0.496 e. The number of hydrogen-bond donors (Lipinski definition) is 1. The van der Waals surface area contributed by atoms with E-state index in [0.29, 0.717) is 45.9 Å². The molecule has 0 bridgehead atoms. The molecule has 0 saturated carbocycles. The Morgan fingerprint density at radius 1 is 1.13 bits per heavy atom. The number of carbonyl (C=O) groups is 2. The van der Waals surface area contributed by atoms with Gasteiger partial charge in [-0.25, -0.2) is 9.79 Å². The van der Waals surface area contributed by atoms with Crippen LogP contribution in [0.4, 0.5) is 0 Å². The van der Waals surface area contributed by atoms with Crippen molar-refractivity contribution >= 4 is 28.8 Å². The molecular formula is C28H29N3O7S. The number of esters is 1. The zero-order chi connectivity index (χ0) is 27.4. The zero-order valence-electron chi connectivity index (χ0n) is 21.9. The van der Waals surface area contributed by atoms with Crippen molar-refractivity contribution in [2.45, 2.75) is 25.9 Å². The Morgan fingerprint density at radius 2 is 1.95 bits per heavy atom. The summed E-state index contributed by atoms with van der Waals surface area (Å²) in [5, 5.41) is 5.55. The second-order valence-corrected chi connectivity index (χ2v) is 9.74. The number of nitrogens with zero attached hydrogens (tertiary/aromatic N) is 2.